The van der Waals surface area contributed by atoms with Gasteiger partial charge in [-0.15, -0.1) is 0 Å². The second-order valence-corrected chi connectivity index (χ2v) is 4.88. The van der Waals surface area contributed by atoms with Crippen LogP contribution < -0.4 is 9.47 Å². The van der Waals surface area contributed by atoms with Gasteiger partial charge >= 0.3 is 0 Å². The van der Waals surface area contributed by atoms with Crippen molar-refractivity contribution in [2.45, 2.75) is 0 Å². The van der Waals surface area contributed by atoms with Gasteiger partial charge in [0.15, 0.2) is 23.1 Å². The van der Waals surface area contributed by atoms with Crippen LogP contribution in [0.15, 0.2) is 42.5 Å². The van der Waals surface area contributed by atoms with E-state index >= 15 is 0 Å². The summed E-state index contributed by atoms with van der Waals surface area (Å²) in [4.78, 5) is 14.8. The molecule has 8 nitrogen and oxygen atoms in total. The van der Waals surface area contributed by atoms with Crippen LogP contribution in [0.1, 0.15) is 0 Å². The maximum Gasteiger partial charge on any atom is 0.270 e. The Labute approximate surface area is 137 Å². The van der Waals surface area contributed by atoms with Crippen LogP contribution in [0.4, 0.5) is 5.69 Å². The number of hydrogen-bond donors (Lipinski definition) is 1. The average molecular weight is 326 g/mol. The lowest BCUT2D eigenvalue weighted by molar-refractivity contribution is -0.384. The van der Waals surface area contributed by atoms with E-state index in [1.54, 1.807) is 38.5 Å². The van der Waals surface area contributed by atoms with Gasteiger partial charge in [0.1, 0.15) is 0 Å². The summed E-state index contributed by atoms with van der Waals surface area (Å²) in [6.45, 7) is 0. The molecule has 2 aromatic carbocycles. The topological polar surface area (TPSA) is 103 Å². The standard InChI is InChI=1S/C16H14N4O4/c1-23-13-7-6-11(9-14(13)24-2)16-17-15(18-19-16)10-4-3-5-12(8-10)20(21)22/h3-9H,1-2H3,(H,17,18,19). The summed E-state index contributed by atoms with van der Waals surface area (Å²) in [5, 5.41) is 17.8. The first-order chi connectivity index (χ1) is 11.6. The summed E-state index contributed by atoms with van der Waals surface area (Å²) >= 11 is 0. The number of methoxy groups -OCH3 is 2. The lowest BCUT2D eigenvalue weighted by atomic mass is 10.2. The molecule has 1 N–H and O–H groups in total. The van der Waals surface area contributed by atoms with Gasteiger partial charge in [-0.2, -0.15) is 5.10 Å². The van der Waals surface area contributed by atoms with Crippen molar-refractivity contribution in [3.63, 3.8) is 0 Å². The van der Waals surface area contributed by atoms with Crippen LogP contribution in [-0.2, 0) is 0 Å². The zero-order valence-electron chi connectivity index (χ0n) is 13.0. The fourth-order valence-corrected chi connectivity index (χ4v) is 2.26. The SMILES string of the molecule is COc1ccc(-c2nc(-c3cccc([N+](=O)[O-])c3)n[nH]2)cc1OC. The highest BCUT2D eigenvalue weighted by atomic mass is 16.6. The molecule has 0 amide bonds. The number of aromatic amines is 1. The first-order valence-electron chi connectivity index (χ1n) is 7.02. The van der Waals surface area contributed by atoms with Gasteiger partial charge in [-0.1, -0.05) is 12.1 Å². The third-order valence-electron chi connectivity index (χ3n) is 3.46. The first-order valence-corrected chi connectivity index (χ1v) is 7.02. The molecule has 0 radical (unpaired) electrons. The molecule has 0 aliphatic heterocycles. The summed E-state index contributed by atoms with van der Waals surface area (Å²) in [7, 11) is 3.11. The number of rotatable bonds is 5. The number of nitro benzene ring substituents is 1. The first kappa shape index (κ1) is 15.5. The Morgan fingerprint density at radius 2 is 1.83 bits per heavy atom. The summed E-state index contributed by atoms with van der Waals surface area (Å²) in [6, 6.07) is 11.5. The molecule has 24 heavy (non-hydrogen) atoms. The van der Waals surface area contributed by atoms with Crippen molar-refractivity contribution >= 4 is 5.69 Å². The molecule has 1 aromatic heterocycles. The highest BCUT2D eigenvalue weighted by Crippen LogP contribution is 2.31. The predicted molar refractivity (Wildman–Crippen MR) is 87.0 cm³/mol. The molecule has 0 saturated carbocycles. The Bertz CT molecular complexity index is 891. The number of nitrogens with zero attached hydrogens (tertiary/aromatic N) is 3. The molecule has 0 aliphatic rings. The molecule has 0 unspecified atom stereocenters. The van der Waals surface area contributed by atoms with Crippen LogP contribution in [0, 0.1) is 10.1 Å². The van der Waals surface area contributed by atoms with E-state index in [-0.39, 0.29) is 5.69 Å². The Hall–Kier alpha value is -3.42. The zero-order valence-corrected chi connectivity index (χ0v) is 13.0. The van der Waals surface area contributed by atoms with Crippen molar-refractivity contribution in [1.29, 1.82) is 0 Å². The lowest BCUT2D eigenvalue weighted by Crippen LogP contribution is -1.91. The fraction of sp³-hybridized carbons (Fsp3) is 0.125. The average Bonchev–Trinajstić information content (AvgIpc) is 3.11. The molecule has 0 spiro atoms. The molecule has 0 bridgehead atoms. The lowest BCUT2D eigenvalue weighted by Gasteiger charge is -2.07. The minimum absolute atomic E-state index is 0.00929. The Morgan fingerprint density at radius 1 is 1.04 bits per heavy atom. The van der Waals surface area contributed by atoms with Gasteiger partial charge in [0.2, 0.25) is 0 Å². The van der Waals surface area contributed by atoms with E-state index in [1.807, 2.05) is 6.07 Å². The monoisotopic (exact) mass is 326 g/mol. The molecule has 0 atom stereocenters. The van der Waals surface area contributed by atoms with E-state index in [9.17, 15) is 10.1 Å². The van der Waals surface area contributed by atoms with Crippen LogP contribution >= 0.6 is 0 Å². The van der Waals surface area contributed by atoms with Crippen LogP contribution in [0.2, 0.25) is 0 Å². The number of non-ortho nitro benzene ring substituents is 1. The molecule has 8 heteroatoms. The minimum atomic E-state index is -0.453. The summed E-state index contributed by atoms with van der Waals surface area (Å²) in [5.74, 6) is 2.09. The number of nitrogens with one attached hydrogen (secondary N) is 1. The number of nitro groups is 1. The number of H-pyrrole nitrogens is 1. The molecular formula is C16H14N4O4. The van der Waals surface area contributed by atoms with Gasteiger partial charge in [0.05, 0.1) is 19.1 Å². The molecular weight excluding hydrogens is 312 g/mol. The van der Waals surface area contributed by atoms with Crippen molar-refractivity contribution in [3.05, 3.63) is 52.6 Å². The molecule has 0 fully saturated rings. The van der Waals surface area contributed by atoms with Crippen LogP contribution in [0.5, 0.6) is 11.5 Å². The number of benzene rings is 2. The van der Waals surface area contributed by atoms with Gasteiger partial charge in [-0.05, 0) is 18.2 Å². The largest absolute Gasteiger partial charge is 0.493 e. The van der Waals surface area contributed by atoms with Crippen molar-refractivity contribution in [2.24, 2.45) is 0 Å². The van der Waals surface area contributed by atoms with Crippen molar-refractivity contribution in [3.8, 4) is 34.3 Å². The van der Waals surface area contributed by atoms with Crippen LogP contribution in [-0.4, -0.2) is 34.3 Å². The summed E-state index contributed by atoms with van der Waals surface area (Å²) < 4.78 is 10.5. The van der Waals surface area contributed by atoms with E-state index in [0.717, 1.165) is 5.56 Å². The van der Waals surface area contributed by atoms with E-state index in [1.165, 1.54) is 12.1 Å². The second kappa shape index (κ2) is 6.37. The quantitative estimate of drug-likeness (QED) is 0.571. The predicted octanol–water partition coefficient (Wildman–Crippen LogP) is 3.06. The number of hydrogen-bond acceptors (Lipinski definition) is 6. The van der Waals surface area contributed by atoms with Crippen molar-refractivity contribution in [2.75, 3.05) is 14.2 Å². The second-order valence-electron chi connectivity index (χ2n) is 4.88. The third kappa shape index (κ3) is 2.89. The smallest absolute Gasteiger partial charge is 0.270 e. The van der Waals surface area contributed by atoms with E-state index in [2.05, 4.69) is 15.2 Å². The van der Waals surface area contributed by atoms with E-state index < -0.39 is 4.92 Å². The van der Waals surface area contributed by atoms with E-state index in [0.29, 0.717) is 28.7 Å². The maximum absolute atomic E-state index is 10.9. The van der Waals surface area contributed by atoms with Crippen LogP contribution in [0.3, 0.4) is 0 Å². The molecule has 0 aliphatic carbocycles. The van der Waals surface area contributed by atoms with Gasteiger partial charge < -0.3 is 9.47 Å². The zero-order chi connectivity index (χ0) is 17.1. The van der Waals surface area contributed by atoms with Crippen LogP contribution in [0.25, 0.3) is 22.8 Å². The molecule has 3 aromatic rings. The number of aromatic nitrogens is 3. The summed E-state index contributed by atoms with van der Waals surface area (Å²) in [6.07, 6.45) is 0. The normalized spacial score (nSPS) is 10.4. The number of ether oxygens (including phenoxy) is 2. The van der Waals surface area contributed by atoms with Gasteiger partial charge in [0.25, 0.3) is 5.69 Å². The minimum Gasteiger partial charge on any atom is -0.493 e. The van der Waals surface area contributed by atoms with E-state index in [4.69, 9.17) is 9.47 Å². The summed E-state index contributed by atoms with van der Waals surface area (Å²) in [5.41, 5.74) is 1.31. The highest BCUT2D eigenvalue weighted by molar-refractivity contribution is 5.65. The Balaban J connectivity index is 1.96. The molecule has 122 valence electrons. The Morgan fingerprint density at radius 3 is 2.54 bits per heavy atom. The Kier molecular flexibility index (Phi) is 4.11. The van der Waals surface area contributed by atoms with Crippen molar-refractivity contribution in [1.82, 2.24) is 15.2 Å². The molecule has 0 saturated heterocycles. The maximum atomic E-state index is 10.9. The third-order valence-corrected chi connectivity index (χ3v) is 3.46. The van der Waals surface area contributed by atoms with Gasteiger partial charge in [-0.3, -0.25) is 15.2 Å². The van der Waals surface area contributed by atoms with Gasteiger partial charge in [-0.25, -0.2) is 4.98 Å². The van der Waals surface area contributed by atoms with Gasteiger partial charge in [0, 0.05) is 23.3 Å². The highest BCUT2D eigenvalue weighted by Gasteiger charge is 2.13. The molecule has 3 rings (SSSR count). The van der Waals surface area contributed by atoms with Crippen molar-refractivity contribution < 1.29 is 14.4 Å². The fourth-order valence-electron chi connectivity index (χ4n) is 2.26. The molecule has 1 heterocycles.